The normalized spacial score (nSPS) is 11.1. The van der Waals surface area contributed by atoms with Gasteiger partial charge in [-0.05, 0) is 47.7 Å². The molecule has 0 aliphatic carbocycles. The molecule has 0 radical (unpaired) electrons. The number of esters is 1. The van der Waals surface area contributed by atoms with Crippen molar-refractivity contribution in [3.8, 4) is 22.3 Å². The Morgan fingerprint density at radius 2 is 1.50 bits per heavy atom. The zero-order chi connectivity index (χ0) is 21.3. The Labute approximate surface area is 175 Å². The van der Waals surface area contributed by atoms with Gasteiger partial charge in [-0.25, -0.2) is 4.79 Å². The highest BCUT2D eigenvalue weighted by Crippen LogP contribution is 2.26. The van der Waals surface area contributed by atoms with E-state index in [0.29, 0.717) is 17.9 Å². The molecule has 0 aromatic heterocycles. The van der Waals surface area contributed by atoms with Gasteiger partial charge in [0.05, 0.1) is 12.3 Å². The van der Waals surface area contributed by atoms with Crippen molar-refractivity contribution >= 4 is 18.0 Å². The summed E-state index contributed by atoms with van der Waals surface area (Å²) in [5.41, 5.74) is 6.51. The Bertz CT molecular complexity index is 1040. The minimum Gasteiger partial charge on any atom is -0.463 e. The summed E-state index contributed by atoms with van der Waals surface area (Å²) < 4.78 is 4.81. The number of benzene rings is 3. The van der Waals surface area contributed by atoms with E-state index in [0.717, 1.165) is 34.1 Å². The summed E-state index contributed by atoms with van der Waals surface area (Å²) in [5, 5.41) is 4.01. The van der Waals surface area contributed by atoms with Gasteiger partial charge in [0, 0.05) is 5.56 Å². The summed E-state index contributed by atoms with van der Waals surface area (Å²) in [6.45, 7) is 3.68. The largest absolute Gasteiger partial charge is 0.463 e. The van der Waals surface area contributed by atoms with Gasteiger partial charge in [0.15, 0.2) is 0 Å². The molecule has 0 amide bonds. The number of carbonyl (C=O) groups is 2. The Kier molecular flexibility index (Phi) is 7.11. The Morgan fingerprint density at radius 3 is 2.10 bits per heavy atom. The molecule has 5 heteroatoms. The van der Waals surface area contributed by atoms with Crippen LogP contribution in [0.25, 0.3) is 22.3 Å². The van der Waals surface area contributed by atoms with Gasteiger partial charge in [0.2, 0.25) is 6.61 Å². The van der Waals surface area contributed by atoms with E-state index in [1.807, 2.05) is 55.5 Å². The summed E-state index contributed by atoms with van der Waals surface area (Å²) in [4.78, 5) is 27.2. The first-order valence-electron chi connectivity index (χ1n) is 9.69. The molecular formula is C25H23NO4. The highest BCUT2D eigenvalue weighted by atomic mass is 16.7. The van der Waals surface area contributed by atoms with Gasteiger partial charge >= 0.3 is 5.97 Å². The molecule has 0 saturated carbocycles. The summed E-state index contributed by atoms with van der Waals surface area (Å²) in [7, 11) is 0. The van der Waals surface area contributed by atoms with Crippen LogP contribution >= 0.6 is 0 Å². The van der Waals surface area contributed by atoms with Gasteiger partial charge in [0.25, 0.3) is 0 Å². The van der Waals surface area contributed by atoms with Crippen molar-refractivity contribution in [2.24, 2.45) is 5.16 Å². The molecule has 3 aromatic carbocycles. The van der Waals surface area contributed by atoms with Crippen LogP contribution in [0.5, 0.6) is 0 Å². The van der Waals surface area contributed by atoms with Crippen LogP contribution in [-0.2, 0) is 14.4 Å². The van der Waals surface area contributed by atoms with Gasteiger partial charge in [0.1, 0.15) is 6.29 Å². The third-order valence-corrected chi connectivity index (χ3v) is 4.57. The van der Waals surface area contributed by atoms with Crippen molar-refractivity contribution in [3.63, 3.8) is 0 Å². The van der Waals surface area contributed by atoms with E-state index >= 15 is 0 Å². The third kappa shape index (κ3) is 5.41. The van der Waals surface area contributed by atoms with Crippen LogP contribution < -0.4 is 0 Å². The molecule has 0 aliphatic heterocycles. The van der Waals surface area contributed by atoms with Crippen LogP contribution in [0.15, 0.2) is 78.0 Å². The molecule has 5 nitrogen and oxygen atoms in total. The number of carbonyl (C=O) groups excluding carboxylic acids is 2. The monoisotopic (exact) mass is 401 g/mol. The second kappa shape index (κ2) is 10.2. The number of hydrogen-bond donors (Lipinski definition) is 0. The second-order valence-corrected chi connectivity index (χ2v) is 6.65. The van der Waals surface area contributed by atoms with Crippen LogP contribution in [0.1, 0.15) is 29.8 Å². The predicted octanol–water partition coefficient (Wildman–Crippen LogP) is 5.14. The van der Waals surface area contributed by atoms with Crippen LogP contribution in [0.4, 0.5) is 0 Å². The number of ether oxygens (including phenoxy) is 1. The fourth-order valence-electron chi connectivity index (χ4n) is 2.97. The number of nitrogens with zero attached hydrogens (tertiary/aromatic N) is 1. The van der Waals surface area contributed by atoms with E-state index in [1.165, 1.54) is 0 Å². The molecule has 0 heterocycles. The quantitative estimate of drug-likeness (QED) is 0.227. The SMILES string of the molecule is CCOC(=O)CON=C(C)c1cccc(-c2ccc(-c3ccc(C=O)cc3)cc2)c1. The standard InChI is InChI=1S/C25H23NO4/c1-3-29-25(28)17-30-26-18(2)23-5-4-6-24(15-23)22-13-11-21(12-14-22)20-9-7-19(16-27)8-10-20/h4-16H,3,17H2,1-2H3. The highest BCUT2D eigenvalue weighted by Gasteiger charge is 2.05. The smallest absolute Gasteiger partial charge is 0.347 e. The maximum absolute atomic E-state index is 11.3. The van der Waals surface area contributed by atoms with Crippen LogP contribution in [0.2, 0.25) is 0 Å². The minimum atomic E-state index is -0.441. The molecular weight excluding hydrogens is 378 g/mol. The van der Waals surface area contributed by atoms with Gasteiger partial charge in [-0.1, -0.05) is 71.9 Å². The van der Waals surface area contributed by atoms with Crippen molar-refractivity contribution < 1.29 is 19.2 Å². The molecule has 3 aromatic rings. The third-order valence-electron chi connectivity index (χ3n) is 4.57. The molecule has 3 rings (SSSR count). The molecule has 152 valence electrons. The van der Waals surface area contributed by atoms with Crippen molar-refractivity contribution in [2.75, 3.05) is 13.2 Å². The first-order chi connectivity index (χ1) is 14.6. The molecule has 0 bridgehead atoms. The van der Waals surface area contributed by atoms with Crippen molar-refractivity contribution in [1.82, 2.24) is 0 Å². The number of oxime groups is 1. The predicted molar refractivity (Wildman–Crippen MR) is 117 cm³/mol. The molecule has 0 unspecified atom stereocenters. The highest BCUT2D eigenvalue weighted by molar-refractivity contribution is 5.99. The van der Waals surface area contributed by atoms with Crippen molar-refractivity contribution in [2.45, 2.75) is 13.8 Å². The van der Waals surface area contributed by atoms with Gasteiger partial charge in [-0.3, -0.25) is 4.79 Å². The van der Waals surface area contributed by atoms with Crippen LogP contribution in [0, 0.1) is 0 Å². The summed E-state index contributed by atoms with van der Waals surface area (Å²) in [6.07, 6.45) is 0.840. The molecule has 0 N–H and O–H groups in total. The number of hydrogen-bond acceptors (Lipinski definition) is 5. The molecule has 0 aliphatic rings. The van der Waals surface area contributed by atoms with Crippen molar-refractivity contribution in [1.29, 1.82) is 0 Å². The minimum absolute atomic E-state index is 0.208. The van der Waals surface area contributed by atoms with E-state index in [1.54, 1.807) is 6.92 Å². The number of aldehydes is 1. The topological polar surface area (TPSA) is 65.0 Å². The fourth-order valence-corrected chi connectivity index (χ4v) is 2.97. The Morgan fingerprint density at radius 1 is 0.900 bits per heavy atom. The first kappa shape index (κ1) is 21.0. The van der Waals surface area contributed by atoms with Crippen LogP contribution in [0.3, 0.4) is 0 Å². The zero-order valence-electron chi connectivity index (χ0n) is 17.0. The average Bonchev–Trinajstić information content (AvgIpc) is 2.79. The first-order valence-corrected chi connectivity index (χ1v) is 9.69. The van der Waals surface area contributed by atoms with Crippen molar-refractivity contribution in [3.05, 3.63) is 83.9 Å². The Hall–Kier alpha value is -3.73. The molecule has 30 heavy (non-hydrogen) atoms. The van der Waals surface area contributed by atoms with Crippen LogP contribution in [-0.4, -0.2) is 31.2 Å². The summed E-state index contributed by atoms with van der Waals surface area (Å²) >= 11 is 0. The molecule has 0 spiro atoms. The summed E-state index contributed by atoms with van der Waals surface area (Å²) in [5.74, 6) is -0.441. The average molecular weight is 401 g/mol. The fraction of sp³-hybridized carbons (Fsp3) is 0.160. The van der Waals surface area contributed by atoms with E-state index < -0.39 is 5.97 Å². The lowest BCUT2D eigenvalue weighted by molar-refractivity contribution is -0.148. The maximum atomic E-state index is 11.3. The van der Waals surface area contributed by atoms with Gasteiger partial charge in [-0.2, -0.15) is 0 Å². The number of rotatable bonds is 8. The van der Waals surface area contributed by atoms with E-state index in [-0.39, 0.29) is 6.61 Å². The van der Waals surface area contributed by atoms with E-state index in [4.69, 9.17) is 9.57 Å². The lowest BCUT2D eigenvalue weighted by atomic mass is 9.98. The maximum Gasteiger partial charge on any atom is 0.347 e. The molecule has 0 saturated heterocycles. The second-order valence-electron chi connectivity index (χ2n) is 6.65. The molecule has 0 fully saturated rings. The van der Waals surface area contributed by atoms with Gasteiger partial charge in [-0.15, -0.1) is 0 Å². The lowest BCUT2D eigenvalue weighted by Gasteiger charge is -2.08. The summed E-state index contributed by atoms with van der Waals surface area (Å²) in [6, 6.07) is 23.7. The van der Waals surface area contributed by atoms with E-state index in [9.17, 15) is 9.59 Å². The lowest BCUT2D eigenvalue weighted by Crippen LogP contribution is -2.11. The zero-order valence-corrected chi connectivity index (χ0v) is 17.0. The van der Waals surface area contributed by atoms with E-state index in [2.05, 4.69) is 29.4 Å². The van der Waals surface area contributed by atoms with Gasteiger partial charge < -0.3 is 9.57 Å². The molecule has 0 atom stereocenters. The Balaban J connectivity index is 1.73.